The van der Waals surface area contributed by atoms with Crippen LogP contribution in [0.2, 0.25) is 0 Å². The van der Waals surface area contributed by atoms with Crippen LogP contribution in [0.3, 0.4) is 0 Å². The maximum atomic E-state index is 13.4. The third kappa shape index (κ3) is 5.54. The summed E-state index contributed by atoms with van der Waals surface area (Å²) in [5, 5.41) is 2.47. The molecular formula is C18H18FNO3. The zero-order valence-electron chi connectivity index (χ0n) is 12.8. The van der Waals surface area contributed by atoms with Crippen molar-refractivity contribution in [3.8, 4) is 5.75 Å². The molecule has 0 saturated heterocycles. The Morgan fingerprint density at radius 2 is 1.91 bits per heavy atom. The predicted octanol–water partition coefficient (Wildman–Crippen LogP) is 2.79. The average Bonchev–Trinajstić information content (AvgIpc) is 2.52. The van der Waals surface area contributed by atoms with Crippen molar-refractivity contribution in [3.63, 3.8) is 0 Å². The van der Waals surface area contributed by atoms with E-state index in [-0.39, 0.29) is 31.1 Å². The van der Waals surface area contributed by atoms with E-state index in [1.165, 1.54) is 6.07 Å². The van der Waals surface area contributed by atoms with Crippen LogP contribution in [-0.2, 0) is 16.0 Å². The van der Waals surface area contributed by atoms with Crippen LogP contribution >= 0.6 is 0 Å². The standard InChI is InChI=1S/C18H18FNO3/c1-13-5-4-7-15(11-13)23-18(22)12-20-17(21)10-9-14-6-2-3-8-16(14)19/h2-8,11H,9-10,12H2,1H3,(H,20,21). The monoisotopic (exact) mass is 315 g/mol. The Morgan fingerprint density at radius 1 is 1.13 bits per heavy atom. The van der Waals surface area contributed by atoms with Crippen molar-refractivity contribution in [2.24, 2.45) is 0 Å². The normalized spacial score (nSPS) is 10.2. The first-order valence-corrected chi connectivity index (χ1v) is 7.32. The lowest BCUT2D eigenvalue weighted by atomic mass is 10.1. The largest absolute Gasteiger partial charge is 0.425 e. The van der Waals surface area contributed by atoms with Crippen molar-refractivity contribution in [2.75, 3.05) is 6.54 Å². The van der Waals surface area contributed by atoms with Crippen LogP contribution in [0.15, 0.2) is 48.5 Å². The van der Waals surface area contributed by atoms with Gasteiger partial charge in [-0.3, -0.25) is 4.79 Å². The van der Waals surface area contributed by atoms with Gasteiger partial charge in [-0.1, -0.05) is 30.3 Å². The summed E-state index contributed by atoms with van der Waals surface area (Å²) in [6, 6.07) is 13.4. The molecule has 23 heavy (non-hydrogen) atoms. The van der Waals surface area contributed by atoms with Gasteiger partial charge in [0, 0.05) is 6.42 Å². The third-order valence-corrected chi connectivity index (χ3v) is 3.23. The molecule has 0 bridgehead atoms. The lowest BCUT2D eigenvalue weighted by molar-refractivity contribution is -0.135. The molecule has 0 aromatic heterocycles. The van der Waals surface area contributed by atoms with Crippen molar-refractivity contribution >= 4 is 11.9 Å². The van der Waals surface area contributed by atoms with Gasteiger partial charge in [-0.05, 0) is 42.7 Å². The first-order valence-electron chi connectivity index (χ1n) is 7.32. The Bertz CT molecular complexity index is 700. The Labute approximate surface area is 134 Å². The lowest BCUT2D eigenvalue weighted by Crippen LogP contribution is -2.32. The zero-order valence-corrected chi connectivity index (χ0v) is 12.8. The molecule has 1 N–H and O–H groups in total. The highest BCUT2D eigenvalue weighted by molar-refractivity contribution is 5.82. The molecule has 2 rings (SSSR count). The molecule has 0 aliphatic rings. The maximum Gasteiger partial charge on any atom is 0.330 e. The molecule has 0 atom stereocenters. The summed E-state index contributed by atoms with van der Waals surface area (Å²) in [6.07, 6.45) is 0.393. The summed E-state index contributed by atoms with van der Waals surface area (Å²) in [7, 11) is 0. The molecule has 0 aliphatic heterocycles. The van der Waals surface area contributed by atoms with Crippen LogP contribution in [-0.4, -0.2) is 18.4 Å². The van der Waals surface area contributed by atoms with E-state index >= 15 is 0 Å². The SMILES string of the molecule is Cc1cccc(OC(=O)CNC(=O)CCc2ccccc2F)c1. The molecule has 4 nitrogen and oxygen atoms in total. The summed E-state index contributed by atoms with van der Waals surface area (Å²) in [4.78, 5) is 23.4. The van der Waals surface area contributed by atoms with Gasteiger partial charge in [0.2, 0.25) is 5.91 Å². The van der Waals surface area contributed by atoms with Gasteiger partial charge in [0.1, 0.15) is 18.1 Å². The Hall–Kier alpha value is -2.69. The maximum absolute atomic E-state index is 13.4. The highest BCUT2D eigenvalue weighted by Crippen LogP contribution is 2.12. The number of aryl methyl sites for hydroxylation is 2. The van der Waals surface area contributed by atoms with Gasteiger partial charge < -0.3 is 10.1 Å². The van der Waals surface area contributed by atoms with Crippen molar-refractivity contribution < 1.29 is 18.7 Å². The predicted molar refractivity (Wildman–Crippen MR) is 84.5 cm³/mol. The van der Waals surface area contributed by atoms with E-state index in [4.69, 9.17) is 4.74 Å². The van der Waals surface area contributed by atoms with Crippen LogP contribution in [0, 0.1) is 12.7 Å². The summed E-state index contributed by atoms with van der Waals surface area (Å²) >= 11 is 0. The minimum absolute atomic E-state index is 0.110. The zero-order chi connectivity index (χ0) is 16.7. The fourth-order valence-electron chi connectivity index (χ4n) is 2.05. The molecule has 0 heterocycles. The van der Waals surface area contributed by atoms with Gasteiger partial charge in [0.25, 0.3) is 0 Å². The van der Waals surface area contributed by atoms with E-state index in [1.807, 2.05) is 13.0 Å². The second kappa shape index (κ2) is 8.08. The number of rotatable bonds is 6. The highest BCUT2D eigenvalue weighted by Gasteiger charge is 2.09. The van der Waals surface area contributed by atoms with E-state index in [9.17, 15) is 14.0 Å². The second-order valence-corrected chi connectivity index (χ2v) is 5.16. The number of amides is 1. The number of hydrogen-bond donors (Lipinski definition) is 1. The van der Waals surface area contributed by atoms with Crippen molar-refractivity contribution in [1.82, 2.24) is 5.32 Å². The smallest absolute Gasteiger partial charge is 0.330 e. The molecule has 5 heteroatoms. The number of hydrogen-bond acceptors (Lipinski definition) is 3. The first kappa shape index (κ1) is 16.7. The topological polar surface area (TPSA) is 55.4 Å². The Balaban J connectivity index is 1.74. The minimum Gasteiger partial charge on any atom is -0.425 e. The van der Waals surface area contributed by atoms with Crippen LogP contribution in [0.1, 0.15) is 17.5 Å². The Kier molecular flexibility index (Phi) is 5.86. The number of benzene rings is 2. The van der Waals surface area contributed by atoms with Crippen LogP contribution in [0.4, 0.5) is 4.39 Å². The molecule has 0 spiro atoms. The van der Waals surface area contributed by atoms with Crippen molar-refractivity contribution in [2.45, 2.75) is 19.8 Å². The van der Waals surface area contributed by atoms with Crippen molar-refractivity contribution in [3.05, 3.63) is 65.5 Å². The molecule has 1 amide bonds. The van der Waals surface area contributed by atoms with Crippen LogP contribution in [0.5, 0.6) is 5.75 Å². The fourth-order valence-corrected chi connectivity index (χ4v) is 2.05. The number of halogens is 1. The number of esters is 1. The number of ether oxygens (including phenoxy) is 1. The summed E-state index contributed by atoms with van der Waals surface area (Å²) in [5.41, 5.74) is 1.45. The van der Waals surface area contributed by atoms with Gasteiger partial charge in [-0.2, -0.15) is 0 Å². The lowest BCUT2D eigenvalue weighted by Gasteiger charge is -2.07. The molecule has 2 aromatic carbocycles. The van der Waals surface area contributed by atoms with E-state index in [0.717, 1.165) is 5.56 Å². The van der Waals surface area contributed by atoms with Gasteiger partial charge in [-0.15, -0.1) is 0 Å². The average molecular weight is 315 g/mol. The van der Waals surface area contributed by atoms with Gasteiger partial charge in [-0.25, -0.2) is 9.18 Å². The minimum atomic E-state index is -0.546. The molecule has 0 aliphatic carbocycles. The van der Waals surface area contributed by atoms with Crippen LogP contribution < -0.4 is 10.1 Å². The summed E-state index contributed by atoms with van der Waals surface area (Å²) in [5.74, 6) is -0.765. The van der Waals surface area contributed by atoms with Gasteiger partial charge >= 0.3 is 5.97 Å². The molecule has 0 radical (unpaired) electrons. The molecule has 2 aromatic rings. The van der Waals surface area contributed by atoms with E-state index < -0.39 is 5.97 Å². The third-order valence-electron chi connectivity index (χ3n) is 3.23. The van der Waals surface area contributed by atoms with Gasteiger partial charge in [0.05, 0.1) is 0 Å². The molecule has 0 unspecified atom stereocenters. The fraction of sp³-hybridized carbons (Fsp3) is 0.222. The van der Waals surface area contributed by atoms with Crippen LogP contribution in [0.25, 0.3) is 0 Å². The second-order valence-electron chi connectivity index (χ2n) is 5.16. The summed E-state index contributed by atoms with van der Waals surface area (Å²) < 4.78 is 18.5. The van der Waals surface area contributed by atoms with E-state index in [1.54, 1.807) is 36.4 Å². The molecule has 120 valence electrons. The number of carbonyl (C=O) groups excluding carboxylic acids is 2. The molecule has 0 saturated carbocycles. The molecular weight excluding hydrogens is 297 g/mol. The van der Waals surface area contributed by atoms with E-state index in [2.05, 4.69) is 5.32 Å². The first-order chi connectivity index (χ1) is 11.0. The quantitative estimate of drug-likeness (QED) is 0.659. The molecule has 0 fully saturated rings. The summed E-state index contributed by atoms with van der Waals surface area (Å²) in [6.45, 7) is 1.67. The van der Waals surface area contributed by atoms with E-state index in [0.29, 0.717) is 11.3 Å². The highest BCUT2D eigenvalue weighted by atomic mass is 19.1. The number of carbonyl (C=O) groups is 2. The van der Waals surface area contributed by atoms with Crippen molar-refractivity contribution in [1.29, 1.82) is 0 Å². The Morgan fingerprint density at radius 3 is 2.65 bits per heavy atom. The van der Waals surface area contributed by atoms with Gasteiger partial charge in [0.15, 0.2) is 0 Å². The number of nitrogens with one attached hydrogen (secondary N) is 1.